The molecule has 0 spiro atoms. The Morgan fingerprint density at radius 2 is 2.43 bits per heavy atom. The van der Waals surface area contributed by atoms with Crippen molar-refractivity contribution in [1.82, 2.24) is 10.5 Å². The van der Waals surface area contributed by atoms with Crippen LogP contribution in [-0.2, 0) is 11.3 Å². The van der Waals surface area contributed by atoms with Gasteiger partial charge in [-0.1, -0.05) is 12.1 Å². The lowest BCUT2D eigenvalue weighted by Crippen LogP contribution is -2.35. The molecule has 0 aliphatic carbocycles. The maximum Gasteiger partial charge on any atom is 0.307 e. The van der Waals surface area contributed by atoms with Crippen LogP contribution in [0.5, 0.6) is 0 Å². The van der Waals surface area contributed by atoms with Gasteiger partial charge in [0.05, 0.1) is 18.7 Å². The minimum atomic E-state index is -0.803. The molecule has 0 saturated heterocycles. The second-order valence-electron chi connectivity index (χ2n) is 3.28. The van der Waals surface area contributed by atoms with E-state index in [1.807, 2.05) is 6.92 Å². The Labute approximate surface area is 82.1 Å². The number of aromatic nitrogens is 1. The topological polar surface area (TPSA) is 75.4 Å². The summed E-state index contributed by atoms with van der Waals surface area (Å²) in [4.78, 5) is 10.6. The van der Waals surface area contributed by atoms with Crippen LogP contribution in [0, 0.1) is 5.92 Å². The number of carboxylic acid groups (broad SMARTS) is 1. The first-order chi connectivity index (χ1) is 6.61. The zero-order valence-corrected chi connectivity index (χ0v) is 8.23. The fourth-order valence-corrected chi connectivity index (χ4v) is 0.986. The molecule has 2 unspecified atom stereocenters. The molecule has 14 heavy (non-hydrogen) atoms. The van der Waals surface area contributed by atoms with E-state index >= 15 is 0 Å². The number of hydrogen-bond donors (Lipinski definition) is 2. The van der Waals surface area contributed by atoms with Gasteiger partial charge in [-0.05, 0) is 6.92 Å². The highest BCUT2D eigenvalue weighted by Crippen LogP contribution is 2.04. The van der Waals surface area contributed by atoms with Crippen LogP contribution in [0.2, 0.25) is 0 Å². The second kappa shape index (κ2) is 4.76. The molecule has 0 aromatic carbocycles. The predicted octanol–water partition coefficient (Wildman–Crippen LogP) is 0.873. The van der Waals surface area contributed by atoms with Gasteiger partial charge in [0.1, 0.15) is 5.76 Å². The molecule has 0 aliphatic rings. The van der Waals surface area contributed by atoms with E-state index in [0.717, 1.165) is 0 Å². The number of aliphatic carboxylic acids is 1. The van der Waals surface area contributed by atoms with Crippen LogP contribution in [0.3, 0.4) is 0 Å². The van der Waals surface area contributed by atoms with E-state index in [1.54, 1.807) is 19.2 Å². The van der Waals surface area contributed by atoms with E-state index in [2.05, 4.69) is 10.5 Å². The van der Waals surface area contributed by atoms with E-state index in [-0.39, 0.29) is 6.04 Å². The van der Waals surface area contributed by atoms with Gasteiger partial charge in [0.25, 0.3) is 0 Å². The molecule has 2 atom stereocenters. The zero-order chi connectivity index (χ0) is 10.6. The van der Waals surface area contributed by atoms with Gasteiger partial charge >= 0.3 is 5.97 Å². The molecule has 0 saturated carbocycles. The number of nitrogens with zero attached hydrogens (tertiary/aromatic N) is 1. The molecule has 1 heterocycles. The molecular formula is C9H14N2O3. The summed E-state index contributed by atoms with van der Waals surface area (Å²) in [5.41, 5.74) is 0. The average Bonchev–Trinajstić information content (AvgIpc) is 2.65. The van der Waals surface area contributed by atoms with Crippen molar-refractivity contribution in [1.29, 1.82) is 0 Å². The summed E-state index contributed by atoms with van der Waals surface area (Å²) in [7, 11) is 0. The summed E-state index contributed by atoms with van der Waals surface area (Å²) in [5.74, 6) is -0.519. The smallest absolute Gasteiger partial charge is 0.307 e. The van der Waals surface area contributed by atoms with Gasteiger partial charge < -0.3 is 14.9 Å². The van der Waals surface area contributed by atoms with Crippen molar-refractivity contribution in [2.45, 2.75) is 26.4 Å². The van der Waals surface area contributed by atoms with Crippen LogP contribution in [0.15, 0.2) is 16.8 Å². The van der Waals surface area contributed by atoms with Gasteiger partial charge in [0.15, 0.2) is 0 Å². The molecule has 1 aromatic heterocycles. The lowest BCUT2D eigenvalue weighted by Gasteiger charge is -2.16. The number of carbonyl (C=O) groups is 1. The highest BCUT2D eigenvalue weighted by atomic mass is 16.5. The van der Waals surface area contributed by atoms with Gasteiger partial charge in [-0.3, -0.25) is 4.79 Å². The molecule has 5 nitrogen and oxygen atoms in total. The molecular weight excluding hydrogens is 184 g/mol. The van der Waals surface area contributed by atoms with Crippen LogP contribution in [0.1, 0.15) is 19.6 Å². The minimum Gasteiger partial charge on any atom is -0.481 e. The lowest BCUT2D eigenvalue weighted by atomic mass is 10.0. The van der Waals surface area contributed by atoms with Crippen molar-refractivity contribution in [3.63, 3.8) is 0 Å². The van der Waals surface area contributed by atoms with Gasteiger partial charge in [-0.15, -0.1) is 0 Å². The second-order valence-corrected chi connectivity index (χ2v) is 3.28. The number of nitrogens with one attached hydrogen (secondary N) is 1. The first-order valence-electron chi connectivity index (χ1n) is 4.47. The number of rotatable bonds is 5. The van der Waals surface area contributed by atoms with Crippen LogP contribution < -0.4 is 5.32 Å². The van der Waals surface area contributed by atoms with Crippen molar-refractivity contribution < 1.29 is 14.4 Å². The highest BCUT2D eigenvalue weighted by molar-refractivity contribution is 5.70. The van der Waals surface area contributed by atoms with Crippen molar-refractivity contribution in [2.24, 2.45) is 5.92 Å². The standard InChI is InChI=1S/C9H14N2O3/c1-6(9(12)13)7(2)10-5-8-3-4-11-14-8/h3-4,6-7,10H,5H2,1-2H3,(H,12,13). The zero-order valence-electron chi connectivity index (χ0n) is 8.23. The summed E-state index contributed by atoms with van der Waals surface area (Å²) in [6, 6.07) is 1.64. The Morgan fingerprint density at radius 3 is 2.93 bits per heavy atom. The molecule has 2 N–H and O–H groups in total. The summed E-state index contributed by atoms with van der Waals surface area (Å²) in [6.07, 6.45) is 1.56. The van der Waals surface area contributed by atoms with E-state index < -0.39 is 11.9 Å². The fourth-order valence-electron chi connectivity index (χ4n) is 0.986. The summed E-state index contributed by atoms with van der Waals surface area (Å²) < 4.78 is 4.86. The third-order valence-corrected chi connectivity index (χ3v) is 2.23. The van der Waals surface area contributed by atoms with E-state index in [0.29, 0.717) is 12.3 Å². The van der Waals surface area contributed by atoms with E-state index in [1.165, 1.54) is 0 Å². The molecule has 0 aliphatic heterocycles. The Morgan fingerprint density at radius 1 is 1.71 bits per heavy atom. The monoisotopic (exact) mass is 198 g/mol. The molecule has 1 rings (SSSR count). The van der Waals surface area contributed by atoms with Crippen LogP contribution in [0.4, 0.5) is 0 Å². The maximum atomic E-state index is 10.6. The summed E-state index contributed by atoms with van der Waals surface area (Å²) in [5, 5.41) is 15.3. The number of carboxylic acids is 1. The normalized spacial score (nSPS) is 15.0. The quantitative estimate of drug-likeness (QED) is 0.734. The highest BCUT2D eigenvalue weighted by Gasteiger charge is 2.18. The number of hydrogen-bond acceptors (Lipinski definition) is 4. The van der Waals surface area contributed by atoms with E-state index in [9.17, 15) is 4.79 Å². The van der Waals surface area contributed by atoms with Crippen molar-refractivity contribution in [2.75, 3.05) is 0 Å². The molecule has 0 amide bonds. The minimum absolute atomic E-state index is 0.0994. The van der Waals surface area contributed by atoms with Crippen molar-refractivity contribution in [3.05, 3.63) is 18.0 Å². The first kappa shape index (κ1) is 10.7. The van der Waals surface area contributed by atoms with Crippen LogP contribution in [0.25, 0.3) is 0 Å². The maximum absolute atomic E-state index is 10.6. The van der Waals surface area contributed by atoms with Gasteiger partial charge in [-0.2, -0.15) is 0 Å². The molecule has 1 aromatic rings. The van der Waals surface area contributed by atoms with Gasteiger partial charge in [0, 0.05) is 12.1 Å². The summed E-state index contributed by atoms with van der Waals surface area (Å²) >= 11 is 0. The average molecular weight is 198 g/mol. The van der Waals surface area contributed by atoms with Crippen molar-refractivity contribution in [3.8, 4) is 0 Å². The lowest BCUT2D eigenvalue weighted by molar-refractivity contribution is -0.141. The largest absolute Gasteiger partial charge is 0.481 e. The van der Waals surface area contributed by atoms with Gasteiger partial charge in [-0.25, -0.2) is 0 Å². The predicted molar refractivity (Wildman–Crippen MR) is 49.6 cm³/mol. The molecule has 0 fully saturated rings. The molecule has 5 heteroatoms. The Balaban J connectivity index is 2.34. The fraction of sp³-hybridized carbons (Fsp3) is 0.556. The molecule has 0 radical (unpaired) electrons. The molecule has 0 bridgehead atoms. The Kier molecular flexibility index (Phi) is 3.64. The third kappa shape index (κ3) is 2.85. The van der Waals surface area contributed by atoms with Gasteiger partial charge in [0.2, 0.25) is 0 Å². The Hall–Kier alpha value is -1.36. The summed E-state index contributed by atoms with van der Waals surface area (Å²) in [6.45, 7) is 3.99. The first-order valence-corrected chi connectivity index (χ1v) is 4.47. The Bertz CT molecular complexity index is 284. The van der Waals surface area contributed by atoms with Crippen molar-refractivity contribution >= 4 is 5.97 Å². The van der Waals surface area contributed by atoms with E-state index in [4.69, 9.17) is 9.63 Å². The third-order valence-electron chi connectivity index (χ3n) is 2.23. The van der Waals surface area contributed by atoms with Crippen LogP contribution in [-0.4, -0.2) is 22.3 Å². The van der Waals surface area contributed by atoms with Crippen LogP contribution >= 0.6 is 0 Å². The molecule has 78 valence electrons. The SMILES string of the molecule is CC(NCc1ccno1)C(C)C(=O)O.